The van der Waals surface area contributed by atoms with Gasteiger partial charge in [-0.15, -0.1) is 0 Å². The zero-order valence-corrected chi connectivity index (χ0v) is 13.7. The van der Waals surface area contributed by atoms with Crippen molar-refractivity contribution >= 4 is 8.32 Å². The largest absolute Gasteiger partial charge is 0.418 e. The number of unbranched alkanes of at least 4 members (excludes halogenated alkanes) is 1. The number of hydrogen-bond acceptors (Lipinski definition) is 2. The Kier molecular flexibility index (Phi) is 5.42. The van der Waals surface area contributed by atoms with E-state index in [0.717, 1.165) is 25.0 Å². The van der Waals surface area contributed by atoms with Crippen LogP contribution in [0.25, 0.3) is 0 Å². The fraction of sp³-hybridized carbons (Fsp3) is 0.529. The highest BCUT2D eigenvalue weighted by Crippen LogP contribution is 2.26. The number of epoxide rings is 1. The van der Waals surface area contributed by atoms with Crippen molar-refractivity contribution in [2.75, 3.05) is 6.61 Å². The lowest BCUT2D eigenvalue weighted by Gasteiger charge is -2.16. The van der Waals surface area contributed by atoms with Crippen molar-refractivity contribution < 1.29 is 9.16 Å². The van der Waals surface area contributed by atoms with Crippen molar-refractivity contribution in [1.29, 1.82) is 0 Å². The van der Waals surface area contributed by atoms with Crippen LogP contribution in [0.4, 0.5) is 0 Å². The normalized spacial score (nSPS) is 21.1. The Bertz CT molecular complexity index is 467. The van der Waals surface area contributed by atoms with E-state index < -0.39 is 8.32 Å². The molecule has 0 amide bonds. The predicted molar refractivity (Wildman–Crippen MR) is 85.1 cm³/mol. The quantitative estimate of drug-likeness (QED) is 0.343. The maximum atomic E-state index is 5.83. The molecule has 1 aliphatic rings. The molecule has 1 saturated heterocycles. The summed E-state index contributed by atoms with van der Waals surface area (Å²) in [5.74, 6) is 6.36. The number of ether oxygens (including phenoxy) is 1. The van der Waals surface area contributed by atoms with E-state index in [1.165, 1.54) is 6.42 Å². The SMILES string of the molecule is C[Si](C)(C)OCCCC[C@H]1O[C@@H]1C#Cc1ccccc1. The summed E-state index contributed by atoms with van der Waals surface area (Å²) in [6.07, 6.45) is 3.89. The molecule has 2 rings (SSSR count). The van der Waals surface area contributed by atoms with Gasteiger partial charge in [0.25, 0.3) is 0 Å². The zero-order valence-electron chi connectivity index (χ0n) is 12.7. The van der Waals surface area contributed by atoms with Crippen LogP contribution < -0.4 is 0 Å². The van der Waals surface area contributed by atoms with E-state index in [0.29, 0.717) is 6.10 Å². The van der Waals surface area contributed by atoms with Gasteiger partial charge in [-0.2, -0.15) is 0 Å². The lowest BCUT2D eigenvalue weighted by atomic mass is 10.1. The van der Waals surface area contributed by atoms with Gasteiger partial charge in [0.15, 0.2) is 8.32 Å². The molecule has 0 bridgehead atoms. The first-order valence-corrected chi connectivity index (χ1v) is 10.8. The van der Waals surface area contributed by atoms with Crippen molar-refractivity contribution in [2.45, 2.75) is 51.1 Å². The van der Waals surface area contributed by atoms with Gasteiger partial charge in [-0.25, -0.2) is 0 Å². The summed E-state index contributed by atoms with van der Waals surface area (Å²) in [6.45, 7) is 7.58. The van der Waals surface area contributed by atoms with E-state index in [1.54, 1.807) is 0 Å². The molecule has 0 spiro atoms. The molecule has 0 radical (unpaired) electrons. The van der Waals surface area contributed by atoms with Crippen LogP contribution >= 0.6 is 0 Å². The fourth-order valence-electron chi connectivity index (χ4n) is 1.99. The Morgan fingerprint density at radius 2 is 1.90 bits per heavy atom. The second kappa shape index (κ2) is 7.08. The standard InChI is InChI=1S/C17H24O2Si/c1-20(2,3)18-14-8-7-11-16-17(19-16)13-12-15-9-5-4-6-10-15/h4-6,9-10,16-17H,7-8,11,14H2,1-3H3/t16-,17-/m1/s1. The molecule has 1 aromatic carbocycles. The molecular formula is C17H24O2Si. The van der Waals surface area contributed by atoms with Crippen molar-refractivity contribution in [1.82, 2.24) is 0 Å². The van der Waals surface area contributed by atoms with Crippen molar-refractivity contribution in [2.24, 2.45) is 0 Å². The third-order valence-corrected chi connectivity index (χ3v) is 4.20. The molecule has 2 atom stereocenters. The van der Waals surface area contributed by atoms with E-state index in [4.69, 9.17) is 9.16 Å². The van der Waals surface area contributed by atoms with E-state index in [1.807, 2.05) is 30.3 Å². The Hall–Kier alpha value is -1.08. The zero-order chi connectivity index (χ0) is 14.4. The van der Waals surface area contributed by atoms with E-state index in [-0.39, 0.29) is 6.10 Å². The minimum atomic E-state index is -1.34. The summed E-state index contributed by atoms with van der Waals surface area (Å²) in [5.41, 5.74) is 1.06. The first-order chi connectivity index (χ1) is 9.54. The second-order valence-electron chi connectivity index (χ2n) is 6.19. The number of hydrogen-bond donors (Lipinski definition) is 0. The van der Waals surface area contributed by atoms with E-state index in [9.17, 15) is 0 Å². The third kappa shape index (κ3) is 5.92. The highest BCUT2D eigenvalue weighted by molar-refractivity contribution is 6.69. The molecule has 20 heavy (non-hydrogen) atoms. The van der Waals surface area contributed by atoms with Gasteiger partial charge < -0.3 is 9.16 Å². The van der Waals surface area contributed by atoms with Gasteiger partial charge >= 0.3 is 0 Å². The fourth-order valence-corrected chi connectivity index (χ4v) is 2.75. The first-order valence-electron chi connectivity index (χ1n) is 7.41. The lowest BCUT2D eigenvalue weighted by molar-refractivity contribution is 0.293. The summed E-state index contributed by atoms with van der Waals surface area (Å²) in [5, 5.41) is 0. The molecule has 1 heterocycles. The van der Waals surface area contributed by atoms with Crippen LogP contribution in [-0.4, -0.2) is 27.1 Å². The van der Waals surface area contributed by atoms with E-state index in [2.05, 4.69) is 31.5 Å². The smallest absolute Gasteiger partial charge is 0.183 e. The molecule has 0 aromatic heterocycles. The maximum absolute atomic E-state index is 5.83. The molecule has 3 heteroatoms. The summed E-state index contributed by atoms with van der Waals surface area (Å²) in [7, 11) is -1.34. The second-order valence-corrected chi connectivity index (χ2v) is 10.7. The number of rotatable bonds is 6. The molecule has 1 aliphatic heterocycles. The van der Waals surface area contributed by atoms with Crippen molar-refractivity contribution in [3.05, 3.63) is 35.9 Å². The molecule has 1 aromatic rings. The van der Waals surface area contributed by atoms with Gasteiger partial charge in [0.05, 0.1) is 6.10 Å². The van der Waals surface area contributed by atoms with Crippen LogP contribution in [0.15, 0.2) is 30.3 Å². The molecule has 2 nitrogen and oxygen atoms in total. The molecule has 1 fully saturated rings. The molecule has 0 N–H and O–H groups in total. The Morgan fingerprint density at radius 3 is 2.60 bits per heavy atom. The minimum Gasteiger partial charge on any atom is -0.418 e. The average Bonchev–Trinajstić information content (AvgIpc) is 3.14. The predicted octanol–water partition coefficient (Wildman–Crippen LogP) is 3.83. The van der Waals surface area contributed by atoms with Gasteiger partial charge in [-0.1, -0.05) is 30.0 Å². The molecular weight excluding hydrogens is 264 g/mol. The van der Waals surface area contributed by atoms with Crippen LogP contribution in [0.1, 0.15) is 24.8 Å². The van der Waals surface area contributed by atoms with Gasteiger partial charge in [0.1, 0.15) is 6.10 Å². The highest BCUT2D eigenvalue weighted by atomic mass is 28.4. The Morgan fingerprint density at radius 1 is 1.15 bits per heavy atom. The van der Waals surface area contributed by atoms with E-state index >= 15 is 0 Å². The Balaban J connectivity index is 1.59. The van der Waals surface area contributed by atoms with Crippen LogP contribution in [-0.2, 0) is 9.16 Å². The van der Waals surface area contributed by atoms with Gasteiger partial charge in [0, 0.05) is 12.2 Å². The van der Waals surface area contributed by atoms with Crippen molar-refractivity contribution in [3.63, 3.8) is 0 Å². The summed E-state index contributed by atoms with van der Waals surface area (Å²) in [4.78, 5) is 0. The summed E-state index contributed by atoms with van der Waals surface area (Å²) in [6, 6.07) is 10.1. The Labute approximate surface area is 123 Å². The monoisotopic (exact) mass is 288 g/mol. The van der Waals surface area contributed by atoms with Crippen LogP contribution in [0.3, 0.4) is 0 Å². The molecule has 108 valence electrons. The molecule has 0 aliphatic carbocycles. The number of benzene rings is 1. The van der Waals surface area contributed by atoms with Crippen LogP contribution in [0, 0.1) is 11.8 Å². The van der Waals surface area contributed by atoms with Crippen LogP contribution in [0.5, 0.6) is 0 Å². The third-order valence-electron chi connectivity index (χ3n) is 3.13. The summed E-state index contributed by atoms with van der Waals surface area (Å²) < 4.78 is 11.4. The first kappa shape index (κ1) is 15.3. The van der Waals surface area contributed by atoms with Crippen molar-refractivity contribution in [3.8, 4) is 11.8 Å². The molecule has 0 saturated carbocycles. The van der Waals surface area contributed by atoms with Gasteiger partial charge in [0.2, 0.25) is 0 Å². The molecule has 0 unspecified atom stereocenters. The lowest BCUT2D eigenvalue weighted by Crippen LogP contribution is -2.25. The van der Waals surface area contributed by atoms with Gasteiger partial charge in [-0.05, 0) is 51.0 Å². The summed E-state index contributed by atoms with van der Waals surface area (Å²) >= 11 is 0. The average molecular weight is 288 g/mol. The minimum absolute atomic E-state index is 0.146. The van der Waals surface area contributed by atoms with Gasteiger partial charge in [-0.3, -0.25) is 0 Å². The van der Waals surface area contributed by atoms with Crippen LogP contribution in [0.2, 0.25) is 19.6 Å². The maximum Gasteiger partial charge on any atom is 0.183 e. The highest BCUT2D eigenvalue weighted by Gasteiger charge is 2.36. The topological polar surface area (TPSA) is 21.8 Å².